The van der Waals surface area contributed by atoms with Crippen LogP contribution < -0.4 is 16.4 Å². The van der Waals surface area contributed by atoms with Crippen molar-refractivity contribution in [2.75, 3.05) is 29.6 Å². The van der Waals surface area contributed by atoms with Crippen molar-refractivity contribution in [3.8, 4) is 11.3 Å². The summed E-state index contributed by atoms with van der Waals surface area (Å²) in [6.45, 7) is 6.93. The molecule has 0 unspecified atom stereocenters. The van der Waals surface area contributed by atoms with Crippen LogP contribution in [0.5, 0.6) is 0 Å². The van der Waals surface area contributed by atoms with Crippen LogP contribution in [-0.4, -0.2) is 44.1 Å². The summed E-state index contributed by atoms with van der Waals surface area (Å²) in [7, 11) is 0. The van der Waals surface area contributed by atoms with Crippen LogP contribution in [0.25, 0.3) is 22.3 Å². The van der Waals surface area contributed by atoms with Gasteiger partial charge in [0.1, 0.15) is 29.7 Å². The molecule has 0 aliphatic carbocycles. The van der Waals surface area contributed by atoms with Crippen molar-refractivity contribution in [2.45, 2.75) is 32.2 Å². The summed E-state index contributed by atoms with van der Waals surface area (Å²) in [5.74, 6) is -0.243. The van der Waals surface area contributed by atoms with Crippen LogP contribution in [0.3, 0.4) is 0 Å². The molecule has 2 amide bonds. The SMILES string of the molecule is CC(C)(C)c1cc(NC(=O)Nc2ccc(-c3nn(C4COC4)c4ncnc(N)c34)cc2F)on1. The molecule has 1 aromatic carbocycles. The lowest BCUT2D eigenvalue weighted by molar-refractivity contribution is -0.0268. The van der Waals surface area contributed by atoms with Crippen molar-refractivity contribution >= 4 is 34.5 Å². The summed E-state index contributed by atoms with van der Waals surface area (Å²) in [5, 5.41) is 14.1. The molecule has 34 heavy (non-hydrogen) atoms. The maximum absolute atomic E-state index is 14.9. The predicted molar refractivity (Wildman–Crippen MR) is 123 cm³/mol. The number of halogens is 1. The van der Waals surface area contributed by atoms with Gasteiger partial charge in [0, 0.05) is 17.0 Å². The first-order chi connectivity index (χ1) is 16.2. The van der Waals surface area contributed by atoms with Crippen LogP contribution in [0.4, 0.5) is 26.6 Å². The molecular weight excluding hydrogens is 443 g/mol. The average molecular weight is 466 g/mol. The summed E-state index contributed by atoms with van der Waals surface area (Å²) in [4.78, 5) is 20.7. The fraction of sp³-hybridized carbons (Fsp3) is 0.318. The molecular formula is C22H23FN8O3. The van der Waals surface area contributed by atoms with Crippen molar-refractivity contribution in [1.29, 1.82) is 0 Å². The maximum atomic E-state index is 14.9. The van der Waals surface area contributed by atoms with E-state index >= 15 is 0 Å². The molecule has 4 heterocycles. The minimum Gasteiger partial charge on any atom is -0.383 e. The summed E-state index contributed by atoms with van der Waals surface area (Å²) in [6.07, 6.45) is 1.37. The topological polar surface area (TPSA) is 146 Å². The Morgan fingerprint density at radius 3 is 2.65 bits per heavy atom. The van der Waals surface area contributed by atoms with Crippen molar-refractivity contribution in [1.82, 2.24) is 24.9 Å². The summed E-state index contributed by atoms with van der Waals surface area (Å²) in [5.41, 5.74) is 8.00. The van der Waals surface area contributed by atoms with Gasteiger partial charge < -0.3 is 20.3 Å². The van der Waals surface area contributed by atoms with E-state index in [1.165, 1.54) is 18.5 Å². The van der Waals surface area contributed by atoms with Crippen molar-refractivity contribution in [2.24, 2.45) is 0 Å². The molecule has 4 N–H and O–H groups in total. The highest BCUT2D eigenvalue weighted by atomic mass is 19.1. The number of ether oxygens (including phenoxy) is 1. The normalized spacial score (nSPS) is 14.2. The fourth-order valence-electron chi connectivity index (χ4n) is 3.53. The number of amides is 2. The van der Waals surface area contributed by atoms with Gasteiger partial charge in [0.2, 0.25) is 5.88 Å². The Hall–Kier alpha value is -4.06. The molecule has 11 nitrogen and oxygen atoms in total. The number of hydrogen-bond acceptors (Lipinski definition) is 8. The molecule has 0 atom stereocenters. The first-order valence-corrected chi connectivity index (χ1v) is 10.6. The Morgan fingerprint density at radius 1 is 1.21 bits per heavy atom. The zero-order valence-electron chi connectivity index (χ0n) is 18.8. The minimum atomic E-state index is -0.666. The van der Waals surface area contributed by atoms with Gasteiger partial charge in [0.05, 0.1) is 30.0 Å². The van der Waals surface area contributed by atoms with Crippen molar-refractivity contribution < 1.29 is 18.4 Å². The lowest BCUT2D eigenvalue weighted by Gasteiger charge is -2.26. The Balaban J connectivity index is 1.39. The number of fused-ring (bicyclic) bond motifs is 1. The molecule has 12 heteroatoms. The lowest BCUT2D eigenvalue weighted by Crippen LogP contribution is -2.31. The number of nitrogen functional groups attached to an aromatic ring is 1. The first kappa shape index (κ1) is 21.8. The number of nitrogens with zero attached hydrogens (tertiary/aromatic N) is 5. The van der Waals surface area contributed by atoms with Gasteiger partial charge in [0.25, 0.3) is 0 Å². The van der Waals surface area contributed by atoms with E-state index in [9.17, 15) is 9.18 Å². The van der Waals surface area contributed by atoms with Gasteiger partial charge in [-0.25, -0.2) is 23.8 Å². The molecule has 1 aliphatic rings. The first-order valence-electron chi connectivity index (χ1n) is 10.6. The molecule has 5 rings (SSSR count). The highest BCUT2D eigenvalue weighted by Gasteiger charge is 2.27. The van der Waals surface area contributed by atoms with Gasteiger partial charge >= 0.3 is 6.03 Å². The summed E-state index contributed by atoms with van der Waals surface area (Å²) in [6, 6.07) is 5.34. The van der Waals surface area contributed by atoms with Crippen LogP contribution in [0.2, 0.25) is 0 Å². The summed E-state index contributed by atoms with van der Waals surface area (Å²) < 4.78 is 27.1. The van der Waals surface area contributed by atoms with Crippen LogP contribution in [0, 0.1) is 5.82 Å². The number of aromatic nitrogens is 5. The largest absolute Gasteiger partial charge is 0.383 e. The van der Waals surface area contributed by atoms with Gasteiger partial charge in [-0.1, -0.05) is 32.0 Å². The second-order valence-electron chi connectivity index (χ2n) is 9.04. The number of benzene rings is 1. The Kier molecular flexibility index (Phi) is 5.16. The molecule has 1 fully saturated rings. The number of carbonyl (C=O) groups excluding carboxylic acids is 1. The smallest absolute Gasteiger partial charge is 0.326 e. The third kappa shape index (κ3) is 3.92. The second-order valence-corrected chi connectivity index (χ2v) is 9.04. The highest BCUT2D eigenvalue weighted by Crippen LogP contribution is 2.34. The lowest BCUT2D eigenvalue weighted by atomic mass is 9.92. The zero-order chi connectivity index (χ0) is 24.0. The number of rotatable bonds is 4. The van der Waals surface area contributed by atoms with E-state index in [0.717, 1.165) is 0 Å². The van der Waals surface area contributed by atoms with Gasteiger partial charge in [-0.05, 0) is 12.1 Å². The van der Waals surface area contributed by atoms with Gasteiger partial charge in [-0.2, -0.15) is 5.10 Å². The third-order valence-electron chi connectivity index (χ3n) is 5.49. The maximum Gasteiger partial charge on any atom is 0.326 e. The van der Waals surface area contributed by atoms with E-state index in [1.807, 2.05) is 20.8 Å². The zero-order valence-corrected chi connectivity index (χ0v) is 18.8. The standard InChI is InChI=1S/C22H23FN8O3/c1-22(2,3)15-7-16(34-30-15)28-21(32)27-14-5-4-11(6-13(14)23)18-17-19(24)25-10-26-20(17)31(29-18)12-8-33-9-12/h4-7,10,12H,8-9H2,1-3H3,(H2,24,25,26)(H2,27,28,32). The van der Waals surface area contributed by atoms with E-state index in [4.69, 9.17) is 15.0 Å². The Bertz CT molecular complexity index is 1390. The van der Waals surface area contributed by atoms with Crippen LogP contribution in [0.1, 0.15) is 32.5 Å². The molecule has 1 aliphatic heterocycles. The molecule has 176 valence electrons. The Labute approximate surface area is 193 Å². The van der Waals surface area contributed by atoms with E-state index in [-0.39, 0.29) is 28.8 Å². The van der Waals surface area contributed by atoms with Crippen molar-refractivity contribution in [3.05, 3.63) is 42.1 Å². The molecule has 0 saturated carbocycles. The molecule has 0 bridgehead atoms. The van der Waals surface area contributed by atoms with Gasteiger partial charge in [-0.15, -0.1) is 0 Å². The number of urea groups is 1. The van der Waals surface area contributed by atoms with E-state index in [0.29, 0.717) is 41.2 Å². The molecule has 0 spiro atoms. The highest BCUT2D eigenvalue weighted by molar-refractivity contribution is 6.00. The predicted octanol–water partition coefficient (Wildman–Crippen LogP) is 3.72. The molecule has 3 aromatic heterocycles. The number of nitrogens with one attached hydrogen (secondary N) is 2. The number of hydrogen-bond donors (Lipinski definition) is 3. The fourth-order valence-corrected chi connectivity index (χ4v) is 3.53. The van der Waals surface area contributed by atoms with Crippen molar-refractivity contribution in [3.63, 3.8) is 0 Å². The van der Waals surface area contributed by atoms with E-state index in [2.05, 4.69) is 30.9 Å². The van der Waals surface area contributed by atoms with Crippen LogP contribution >= 0.6 is 0 Å². The quantitative estimate of drug-likeness (QED) is 0.412. The van der Waals surface area contributed by atoms with Gasteiger partial charge in [-0.3, -0.25) is 5.32 Å². The van der Waals surface area contributed by atoms with E-state index in [1.54, 1.807) is 16.8 Å². The van der Waals surface area contributed by atoms with Gasteiger partial charge in [0.15, 0.2) is 5.65 Å². The monoisotopic (exact) mass is 466 g/mol. The number of nitrogens with two attached hydrogens (primary N) is 1. The molecule has 0 radical (unpaired) electrons. The average Bonchev–Trinajstić information content (AvgIpc) is 3.34. The summed E-state index contributed by atoms with van der Waals surface area (Å²) >= 11 is 0. The Morgan fingerprint density at radius 2 is 2.00 bits per heavy atom. The van der Waals surface area contributed by atoms with Crippen LogP contribution in [-0.2, 0) is 10.2 Å². The van der Waals surface area contributed by atoms with E-state index < -0.39 is 11.8 Å². The number of carbonyl (C=O) groups is 1. The second kappa shape index (κ2) is 8.06. The minimum absolute atomic E-state index is 0.0165. The molecule has 1 saturated heterocycles. The third-order valence-corrected chi connectivity index (χ3v) is 5.49. The molecule has 4 aromatic rings. The van der Waals surface area contributed by atoms with Crippen LogP contribution in [0.15, 0.2) is 35.1 Å². The number of anilines is 3.